The first kappa shape index (κ1) is 21.3. The Bertz CT molecular complexity index is 1230. The zero-order chi connectivity index (χ0) is 21.8. The molecular formula is C23H20ClFN4OS. The highest BCUT2D eigenvalue weighted by Gasteiger charge is 2.25. The second-order valence-corrected chi connectivity index (χ2v) is 8.32. The van der Waals surface area contributed by atoms with Gasteiger partial charge in [-0.15, -0.1) is 0 Å². The maximum atomic E-state index is 14.1. The summed E-state index contributed by atoms with van der Waals surface area (Å²) in [5, 5.41) is 4.08. The van der Waals surface area contributed by atoms with Crippen molar-refractivity contribution in [2.24, 2.45) is 0 Å². The van der Waals surface area contributed by atoms with E-state index in [1.807, 2.05) is 41.8 Å². The van der Waals surface area contributed by atoms with E-state index in [1.165, 1.54) is 17.8 Å². The quantitative estimate of drug-likeness (QED) is 0.342. The van der Waals surface area contributed by atoms with Gasteiger partial charge < -0.3 is 9.88 Å². The predicted octanol–water partition coefficient (Wildman–Crippen LogP) is 6.11. The van der Waals surface area contributed by atoms with Crippen LogP contribution in [0.5, 0.6) is 0 Å². The molecule has 4 rings (SSSR count). The molecule has 2 aromatic carbocycles. The lowest BCUT2D eigenvalue weighted by Gasteiger charge is -2.20. The Labute approximate surface area is 188 Å². The number of anilines is 1. The molecule has 0 unspecified atom stereocenters. The number of hydrogen-bond donors (Lipinski definition) is 1. The second-order valence-electron chi connectivity index (χ2n) is 6.94. The van der Waals surface area contributed by atoms with Crippen molar-refractivity contribution in [2.45, 2.75) is 30.3 Å². The van der Waals surface area contributed by atoms with Gasteiger partial charge in [0.05, 0.1) is 22.9 Å². The Balaban J connectivity index is 1.67. The molecular weight excluding hydrogens is 435 g/mol. The van der Waals surface area contributed by atoms with Gasteiger partial charge in [-0.3, -0.25) is 9.78 Å². The smallest absolute Gasteiger partial charge is 0.247 e. The molecule has 2 heterocycles. The molecule has 1 amide bonds. The number of carbonyl (C=O) groups is 1. The zero-order valence-corrected chi connectivity index (χ0v) is 18.3. The van der Waals surface area contributed by atoms with Crippen LogP contribution in [0, 0.1) is 5.82 Å². The molecule has 0 aliphatic heterocycles. The van der Waals surface area contributed by atoms with Crippen LogP contribution >= 0.6 is 23.4 Å². The number of imidazole rings is 1. The first-order valence-electron chi connectivity index (χ1n) is 9.81. The standard InChI is InChI=1S/C23H20ClFN4OS/c1-2-20(22(30)27-18-9-4-3-8-17(18)25)29-21-13-26-11-10-19(21)28-23(29)31-14-15-6-5-7-16(24)12-15/h3-13,20H,2,14H2,1H3,(H,27,30)/t20-/m1/s1. The largest absolute Gasteiger partial charge is 0.322 e. The highest BCUT2D eigenvalue weighted by Crippen LogP contribution is 2.32. The fourth-order valence-electron chi connectivity index (χ4n) is 3.36. The van der Waals surface area contributed by atoms with Gasteiger partial charge in [0.15, 0.2) is 5.16 Å². The Morgan fingerprint density at radius 3 is 2.84 bits per heavy atom. The number of para-hydroxylation sites is 1. The molecule has 0 aliphatic carbocycles. The number of carbonyl (C=O) groups excluding carboxylic acids is 1. The summed E-state index contributed by atoms with van der Waals surface area (Å²) in [5.74, 6) is -0.137. The summed E-state index contributed by atoms with van der Waals surface area (Å²) in [7, 11) is 0. The Morgan fingerprint density at radius 1 is 1.23 bits per heavy atom. The van der Waals surface area contributed by atoms with Crippen molar-refractivity contribution < 1.29 is 9.18 Å². The van der Waals surface area contributed by atoms with Crippen LogP contribution in [0.15, 0.2) is 72.1 Å². The molecule has 1 N–H and O–H groups in total. The lowest BCUT2D eigenvalue weighted by atomic mass is 10.2. The third kappa shape index (κ3) is 4.73. The van der Waals surface area contributed by atoms with Crippen LogP contribution in [0.3, 0.4) is 0 Å². The maximum Gasteiger partial charge on any atom is 0.247 e. The van der Waals surface area contributed by atoms with E-state index in [2.05, 4.69) is 10.3 Å². The van der Waals surface area contributed by atoms with E-state index in [0.29, 0.717) is 22.4 Å². The number of pyridine rings is 1. The summed E-state index contributed by atoms with van der Waals surface area (Å²) in [6, 6.07) is 15.0. The van der Waals surface area contributed by atoms with Gasteiger partial charge in [-0.25, -0.2) is 9.37 Å². The Kier molecular flexibility index (Phi) is 6.53. The Hall–Kier alpha value is -2.90. The fraction of sp³-hybridized carbons (Fsp3) is 0.174. The predicted molar refractivity (Wildman–Crippen MR) is 123 cm³/mol. The molecule has 2 aromatic heterocycles. The number of halogens is 2. The van der Waals surface area contributed by atoms with Crippen molar-refractivity contribution >= 4 is 46.0 Å². The molecule has 0 saturated carbocycles. The highest BCUT2D eigenvalue weighted by molar-refractivity contribution is 7.98. The van der Waals surface area contributed by atoms with Crippen LogP contribution in [-0.2, 0) is 10.5 Å². The van der Waals surface area contributed by atoms with E-state index in [9.17, 15) is 9.18 Å². The van der Waals surface area contributed by atoms with Crippen molar-refractivity contribution in [3.05, 3.63) is 83.4 Å². The molecule has 0 radical (unpaired) electrons. The minimum absolute atomic E-state index is 0.154. The number of benzene rings is 2. The summed E-state index contributed by atoms with van der Waals surface area (Å²) in [5.41, 5.74) is 2.71. The van der Waals surface area contributed by atoms with Gasteiger partial charge in [-0.2, -0.15) is 0 Å². The molecule has 0 bridgehead atoms. The van der Waals surface area contributed by atoms with Crippen LogP contribution in [0.1, 0.15) is 24.9 Å². The number of aromatic nitrogens is 3. The molecule has 0 saturated heterocycles. The normalized spacial score (nSPS) is 12.1. The molecule has 0 spiro atoms. The van der Waals surface area contributed by atoms with Crippen molar-refractivity contribution in [2.75, 3.05) is 5.32 Å². The van der Waals surface area contributed by atoms with Gasteiger partial charge in [0.2, 0.25) is 5.91 Å². The summed E-state index contributed by atoms with van der Waals surface area (Å²) in [6.45, 7) is 1.92. The van der Waals surface area contributed by atoms with E-state index in [4.69, 9.17) is 16.6 Å². The topological polar surface area (TPSA) is 59.8 Å². The van der Waals surface area contributed by atoms with Crippen molar-refractivity contribution in [3.63, 3.8) is 0 Å². The zero-order valence-electron chi connectivity index (χ0n) is 16.8. The molecule has 5 nitrogen and oxygen atoms in total. The summed E-state index contributed by atoms with van der Waals surface area (Å²) < 4.78 is 16.0. The number of hydrogen-bond acceptors (Lipinski definition) is 4. The van der Waals surface area contributed by atoms with Gasteiger partial charge in [0, 0.05) is 17.0 Å². The van der Waals surface area contributed by atoms with Crippen LogP contribution in [-0.4, -0.2) is 20.4 Å². The van der Waals surface area contributed by atoms with Crippen LogP contribution in [0.2, 0.25) is 5.02 Å². The monoisotopic (exact) mass is 454 g/mol. The van der Waals surface area contributed by atoms with Crippen LogP contribution in [0.25, 0.3) is 11.0 Å². The van der Waals surface area contributed by atoms with Crippen molar-refractivity contribution in [3.8, 4) is 0 Å². The first-order chi connectivity index (χ1) is 15.1. The maximum absolute atomic E-state index is 14.1. The third-order valence-corrected chi connectivity index (χ3v) is 6.11. The van der Waals surface area contributed by atoms with Gasteiger partial charge in [-0.1, -0.05) is 54.6 Å². The number of rotatable bonds is 7. The first-order valence-corrected chi connectivity index (χ1v) is 11.2. The molecule has 1 atom stereocenters. The van der Waals surface area contributed by atoms with E-state index < -0.39 is 11.9 Å². The SMILES string of the molecule is CC[C@H](C(=O)Nc1ccccc1F)n1c(SCc2cccc(Cl)c2)nc2ccncc21. The van der Waals surface area contributed by atoms with Crippen molar-refractivity contribution in [1.29, 1.82) is 0 Å². The lowest BCUT2D eigenvalue weighted by Crippen LogP contribution is -2.26. The van der Waals surface area contributed by atoms with Gasteiger partial charge >= 0.3 is 0 Å². The molecule has 31 heavy (non-hydrogen) atoms. The average Bonchev–Trinajstić information content (AvgIpc) is 3.13. The number of amides is 1. The van der Waals surface area contributed by atoms with Gasteiger partial charge in [0.25, 0.3) is 0 Å². The average molecular weight is 455 g/mol. The van der Waals surface area contributed by atoms with Crippen molar-refractivity contribution in [1.82, 2.24) is 14.5 Å². The van der Waals surface area contributed by atoms with Crippen LogP contribution in [0.4, 0.5) is 10.1 Å². The molecule has 0 aliphatic rings. The van der Waals surface area contributed by atoms with Gasteiger partial charge in [-0.05, 0) is 42.3 Å². The van der Waals surface area contributed by atoms with E-state index in [0.717, 1.165) is 16.6 Å². The Morgan fingerprint density at radius 2 is 2.06 bits per heavy atom. The minimum Gasteiger partial charge on any atom is -0.322 e. The van der Waals surface area contributed by atoms with E-state index in [-0.39, 0.29) is 11.6 Å². The number of nitrogens with zero attached hydrogens (tertiary/aromatic N) is 3. The molecule has 8 heteroatoms. The van der Waals surface area contributed by atoms with E-state index in [1.54, 1.807) is 30.6 Å². The highest BCUT2D eigenvalue weighted by atomic mass is 35.5. The molecule has 158 valence electrons. The minimum atomic E-state index is -0.573. The fourth-order valence-corrected chi connectivity index (χ4v) is 4.58. The van der Waals surface area contributed by atoms with Gasteiger partial charge in [0.1, 0.15) is 11.9 Å². The molecule has 4 aromatic rings. The molecule has 0 fully saturated rings. The summed E-state index contributed by atoms with van der Waals surface area (Å²) in [4.78, 5) is 22.1. The number of fused-ring (bicyclic) bond motifs is 1. The summed E-state index contributed by atoms with van der Waals surface area (Å²) in [6.07, 6.45) is 3.88. The lowest BCUT2D eigenvalue weighted by molar-refractivity contribution is -0.119. The number of thioether (sulfide) groups is 1. The number of nitrogens with one attached hydrogen (secondary N) is 1. The summed E-state index contributed by atoms with van der Waals surface area (Å²) >= 11 is 7.62. The van der Waals surface area contributed by atoms with E-state index >= 15 is 0 Å². The second kappa shape index (κ2) is 9.49. The van der Waals surface area contributed by atoms with Crippen LogP contribution < -0.4 is 5.32 Å². The third-order valence-electron chi connectivity index (χ3n) is 4.85.